The fourth-order valence-electron chi connectivity index (χ4n) is 5.16. The maximum absolute atomic E-state index is 9.89. The van der Waals surface area contributed by atoms with Crippen molar-refractivity contribution in [1.29, 1.82) is 0 Å². The number of hydrogen-bond acceptors (Lipinski definition) is 6. The Morgan fingerprint density at radius 2 is 1.71 bits per heavy atom. The van der Waals surface area contributed by atoms with E-state index in [2.05, 4.69) is 21.6 Å². The summed E-state index contributed by atoms with van der Waals surface area (Å²) in [5.41, 5.74) is 6.52. The first kappa shape index (κ1) is 22.3. The summed E-state index contributed by atoms with van der Waals surface area (Å²) in [5, 5.41) is 21.8. The summed E-state index contributed by atoms with van der Waals surface area (Å²) in [7, 11) is 7.39. The number of furan rings is 1. The minimum absolute atomic E-state index is 0.117. The quantitative estimate of drug-likeness (QED) is 0.427. The van der Waals surface area contributed by atoms with Gasteiger partial charge in [0, 0.05) is 28.7 Å². The fraction of sp³-hybridized carbons (Fsp3) is 0.296. The zero-order valence-corrected chi connectivity index (χ0v) is 19.9. The second kappa shape index (κ2) is 8.66. The van der Waals surface area contributed by atoms with Gasteiger partial charge in [-0.05, 0) is 46.8 Å². The number of aliphatic hydroxyl groups excluding tert-OH is 2. The van der Waals surface area contributed by atoms with Crippen molar-refractivity contribution in [3.8, 4) is 33.9 Å². The molecule has 2 aromatic carbocycles. The molecule has 0 saturated heterocycles. The number of rotatable bonds is 6. The number of nitrogens with zero attached hydrogens (tertiary/aromatic N) is 2. The van der Waals surface area contributed by atoms with E-state index in [0.29, 0.717) is 5.75 Å². The Hall–Kier alpha value is -3.55. The van der Waals surface area contributed by atoms with Gasteiger partial charge in [0.05, 0.1) is 66.0 Å². The highest BCUT2D eigenvalue weighted by atomic mass is 16.5. The largest absolute Gasteiger partial charge is 0.493 e. The molecule has 0 radical (unpaired) electrons. The SMILES string of the molecule is COc1c(-c2ccoc2)cc2c(c1OC)CC[n+]1c-2cc2cc(CO)c(CO)cc2c1N(C)C. The second-order valence-electron chi connectivity index (χ2n) is 8.70. The zero-order valence-electron chi connectivity index (χ0n) is 19.9. The van der Waals surface area contributed by atoms with Gasteiger partial charge in [-0.2, -0.15) is 0 Å². The highest BCUT2D eigenvalue weighted by molar-refractivity contribution is 5.95. The monoisotopic (exact) mass is 461 g/mol. The van der Waals surface area contributed by atoms with Gasteiger partial charge in [0.2, 0.25) is 0 Å². The van der Waals surface area contributed by atoms with E-state index in [9.17, 15) is 10.2 Å². The number of aliphatic hydroxyl groups is 2. The van der Waals surface area contributed by atoms with E-state index in [1.54, 1.807) is 26.7 Å². The zero-order chi connectivity index (χ0) is 24.0. The molecule has 0 atom stereocenters. The van der Waals surface area contributed by atoms with E-state index in [1.807, 2.05) is 32.3 Å². The number of pyridine rings is 1. The topological polar surface area (TPSA) is 79.2 Å². The van der Waals surface area contributed by atoms with Crippen LogP contribution in [0.1, 0.15) is 16.7 Å². The average molecular weight is 462 g/mol. The first-order valence-electron chi connectivity index (χ1n) is 11.2. The average Bonchev–Trinajstić information content (AvgIpc) is 3.39. The first-order chi connectivity index (χ1) is 16.5. The molecule has 7 heteroatoms. The van der Waals surface area contributed by atoms with E-state index >= 15 is 0 Å². The molecular formula is C27H29N2O5+. The molecule has 0 unspecified atom stereocenters. The van der Waals surface area contributed by atoms with Crippen molar-refractivity contribution >= 4 is 16.6 Å². The normalized spacial score (nSPS) is 12.4. The second-order valence-corrected chi connectivity index (χ2v) is 8.70. The number of aromatic nitrogens is 1. The van der Waals surface area contributed by atoms with Gasteiger partial charge < -0.3 is 24.1 Å². The molecule has 34 heavy (non-hydrogen) atoms. The highest BCUT2D eigenvalue weighted by Crippen LogP contribution is 2.47. The van der Waals surface area contributed by atoms with Crippen molar-refractivity contribution in [2.24, 2.45) is 0 Å². The van der Waals surface area contributed by atoms with E-state index < -0.39 is 0 Å². The molecule has 1 aliphatic rings. The summed E-state index contributed by atoms with van der Waals surface area (Å²) in [6.07, 6.45) is 4.14. The molecule has 0 amide bonds. The molecule has 176 valence electrons. The van der Waals surface area contributed by atoms with Gasteiger partial charge >= 0.3 is 0 Å². The molecule has 1 aliphatic heterocycles. The van der Waals surface area contributed by atoms with Crippen molar-refractivity contribution in [3.63, 3.8) is 0 Å². The van der Waals surface area contributed by atoms with Crippen molar-refractivity contribution in [2.75, 3.05) is 33.2 Å². The number of methoxy groups -OCH3 is 2. The van der Waals surface area contributed by atoms with Gasteiger partial charge in [0.1, 0.15) is 5.69 Å². The van der Waals surface area contributed by atoms with Crippen LogP contribution in [0.2, 0.25) is 0 Å². The summed E-state index contributed by atoms with van der Waals surface area (Å²) in [4.78, 5) is 2.11. The van der Waals surface area contributed by atoms with Gasteiger partial charge in [-0.15, -0.1) is 0 Å². The molecule has 0 bridgehead atoms. The molecule has 7 nitrogen and oxygen atoms in total. The molecule has 2 N–H and O–H groups in total. The number of benzene rings is 2. The lowest BCUT2D eigenvalue weighted by atomic mass is 9.90. The maximum Gasteiger partial charge on any atom is 0.284 e. The maximum atomic E-state index is 9.89. The van der Waals surface area contributed by atoms with Gasteiger partial charge in [-0.3, -0.25) is 4.90 Å². The Kier molecular flexibility index (Phi) is 5.67. The van der Waals surface area contributed by atoms with E-state index in [0.717, 1.165) is 74.4 Å². The lowest BCUT2D eigenvalue weighted by Crippen LogP contribution is -2.45. The Bertz CT molecular complexity index is 1380. The smallest absolute Gasteiger partial charge is 0.284 e. The van der Waals surface area contributed by atoms with Crippen LogP contribution >= 0.6 is 0 Å². The van der Waals surface area contributed by atoms with Crippen molar-refractivity contribution in [2.45, 2.75) is 26.2 Å². The first-order valence-corrected chi connectivity index (χ1v) is 11.2. The lowest BCUT2D eigenvalue weighted by molar-refractivity contribution is -0.674. The van der Waals surface area contributed by atoms with Crippen LogP contribution in [0.5, 0.6) is 11.5 Å². The Labute approximate surface area is 198 Å². The van der Waals surface area contributed by atoms with Crippen LogP contribution < -0.4 is 18.9 Å². The molecule has 5 rings (SSSR count). The van der Waals surface area contributed by atoms with Crippen LogP contribution in [-0.4, -0.2) is 38.5 Å². The van der Waals surface area contributed by atoms with Crippen LogP contribution in [0.15, 0.2) is 47.3 Å². The molecule has 0 saturated carbocycles. The minimum atomic E-state index is -0.125. The molecular weight excluding hydrogens is 432 g/mol. The van der Waals surface area contributed by atoms with Gasteiger partial charge in [-0.25, -0.2) is 4.57 Å². The fourth-order valence-corrected chi connectivity index (χ4v) is 5.16. The Balaban J connectivity index is 1.87. The number of anilines is 1. The third-order valence-electron chi connectivity index (χ3n) is 6.66. The van der Waals surface area contributed by atoms with Crippen LogP contribution in [0.4, 0.5) is 5.82 Å². The summed E-state index contributed by atoms with van der Waals surface area (Å²) in [6.45, 7) is 0.528. The number of fused-ring (bicyclic) bond motifs is 4. The third-order valence-corrected chi connectivity index (χ3v) is 6.66. The predicted molar refractivity (Wildman–Crippen MR) is 130 cm³/mol. The molecule has 2 aromatic heterocycles. The molecule has 0 spiro atoms. The van der Waals surface area contributed by atoms with Gasteiger partial charge in [0.25, 0.3) is 5.82 Å². The summed E-state index contributed by atoms with van der Waals surface area (Å²) in [6, 6.07) is 10.2. The summed E-state index contributed by atoms with van der Waals surface area (Å²) >= 11 is 0. The molecule has 4 aromatic rings. The van der Waals surface area contributed by atoms with Crippen molar-refractivity contribution < 1.29 is 28.7 Å². The standard InChI is InChI=1S/C27H29N2O5/c1-28(2)27-22-10-19(14-31)18(13-30)9-17(22)11-24-23-12-21(16-6-8-34-15-16)26(33-4)25(32-3)20(23)5-7-29(24)27/h6,8-12,15,30-31H,5,7,13-14H2,1-4H3/q+1. The van der Waals surface area contributed by atoms with Crippen LogP contribution in [-0.2, 0) is 26.2 Å². The lowest BCUT2D eigenvalue weighted by Gasteiger charge is -2.26. The van der Waals surface area contributed by atoms with E-state index in [4.69, 9.17) is 13.9 Å². The third kappa shape index (κ3) is 3.31. The number of ether oxygens (including phenoxy) is 2. The van der Waals surface area contributed by atoms with Crippen LogP contribution in [0.3, 0.4) is 0 Å². The Morgan fingerprint density at radius 1 is 0.971 bits per heavy atom. The molecule has 0 aliphatic carbocycles. The summed E-state index contributed by atoms with van der Waals surface area (Å²) in [5.74, 6) is 2.48. The van der Waals surface area contributed by atoms with E-state index in [-0.39, 0.29) is 13.2 Å². The van der Waals surface area contributed by atoms with Crippen molar-refractivity contribution in [3.05, 3.63) is 59.5 Å². The number of hydrogen-bond donors (Lipinski definition) is 2. The predicted octanol–water partition coefficient (Wildman–Crippen LogP) is 3.68. The van der Waals surface area contributed by atoms with Crippen molar-refractivity contribution in [1.82, 2.24) is 0 Å². The van der Waals surface area contributed by atoms with E-state index in [1.165, 1.54) is 0 Å². The summed E-state index contributed by atoms with van der Waals surface area (Å²) < 4.78 is 19.4. The molecule has 3 heterocycles. The minimum Gasteiger partial charge on any atom is -0.493 e. The van der Waals surface area contributed by atoms with Gasteiger partial charge in [0.15, 0.2) is 11.5 Å². The molecule has 0 fully saturated rings. The highest BCUT2D eigenvalue weighted by Gasteiger charge is 2.32. The van der Waals surface area contributed by atoms with Gasteiger partial charge in [-0.1, -0.05) is 0 Å². The van der Waals surface area contributed by atoms with Crippen LogP contribution in [0, 0.1) is 0 Å². The Morgan fingerprint density at radius 3 is 2.32 bits per heavy atom. The van der Waals surface area contributed by atoms with Crippen LogP contribution in [0.25, 0.3) is 33.2 Å².